The topological polar surface area (TPSA) is 81.4 Å². The lowest BCUT2D eigenvalue weighted by molar-refractivity contribution is 0.0378. The van der Waals surface area contributed by atoms with Crippen LogP contribution in [0.4, 0.5) is 5.00 Å². The van der Waals surface area contributed by atoms with E-state index in [0.29, 0.717) is 33.5 Å². The number of aryl methyl sites for hydroxylation is 2. The number of amides is 1. The standard InChI is InChI=1S/C20H26N2O4S/c1-6-13-7-8-14-15(9-13)27-19(17(14)20(24)25-10(2)3)21-18(23)16-11(4)22-26-12(16)5/h10,13H,6-9H2,1-5H3,(H,21,23). The Morgan fingerprint density at radius 3 is 2.67 bits per heavy atom. The zero-order valence-corrected chi connectivity index (χ0v) is 17.3. The lowest BCUT2D eigenvalue weighted by Crippen LogP contribution is -2.19. The van der Waals surface area contributed by atoms with Crippen molar-refractivity contribution in [1.29, 1.82) is 0 Å². The summed E-state index contributed by atoms with van der Waals surface area (Å²) in [5.74, 6) is 0.405. The fourth-order valence-electron chi connectivity index (χ4n) is 3.55. The first-order chi connectivity index (χ1) is 12.8. The first-order valence-electron chi connectivity index (χ1n) is 9.41. The van der Waals surface area contributed by atoms with E-state index in [2.05, 4.69) is 17.4 Å². The predicted octanol–water partition coefficient (Wildman–Crippen LogP) is 4.69. The number of carbonyl (C=O) groups is 2. The number of hydrogen-bond donors (Lipinski definition) is 1. The Kier molecular flexibility index (Phi) is 5.69. The van der Waals surface area contributed by atoms with E-state index < -0.39 is 0 Å². The number of nitrogens with one attached hydrogen (secondary N) is 1. The van der Waals surface area contributed by atoms with Gasteiger partial charge < -0.3 is 14.6 Å². The predicted molar refractivity (Wildman–Crippen MR) is 105 cm³/mol. The molecule has 146 valence electrons. The number of thiophene rings is 1. The number of aromatic nitrogens is 1. The Morgan fingerprint density at radius 2 is 2.07 bits per heavy atom. The van der Waals surface area contributed by atoms with Crippen molar-refractivity contribution in [3.63, 3.8) is 0 Å². The smallest absolute Gasteiger partial charge is 0.341 e. The molecule has 27 heavy (non-hydrogen) atoms. The first kappa shape index (κ1) is 19.6. The highest BCUT2D eigenvalue weighted by Crippen LogP contribution is 2.41. The molecule has 1 atom stereocenters. The van der Waals surface area contributed by atoms with Crippen LogP contribution in [0.1, 0.15) is 76.2 Å². The Morgan fingerprint density at radius 1 is 1.33 bits per heavy atom. The largest absolute Gasteiger partial charge is 0.459 e. The van der Waals surface area contributed by atoms with E-state index >= 15 is 0 Å². The second-order valence-corrected chi connectivity index (χ2v) is 8.44. The van der Waals surface area contributed by atoms with Gasteiger partial charge >= 0.3 is 5.97 Å². The minimum Gasteiger partial charge on any atom is -0.459 e. The normalized spacial score (nSPS) is 16.3. The fourth-order valence-corrected chi connectivity index (χ4v) is 4.90. The van der Waals surface area contributed by atoms with E-state index in [9.17, 15) is 9.59 Å². The maximum Gasteiger partial charge on any atom is 0.341 e. The van der Waals surface area contributed by atoms with Crippen molar-refractivity contribution >= 4 is 28.2 Å². The minimum absolute atomic E-state index is 0.217. The maximum absolute atomic E-state index is 12.8. The van der Waals surface area contributed by atoms with Crippen molar-refractivity contribution in [2.45, 2.75) is 66.4 Å². The van der Waals surface area contributed by atoms with Gasteiger partial charge in [-0.1, -0.05) is 18.5 Å². The number of nitrogens with zero attached hydrogens (tertiary/aromatic N) is 1. The van der Waals surface area contributed by atoms with Gasteiger partial charge in [-0.25, -0.2) is 4.79 Å². The van der Waals surface area contributed by atoms with Crippen molar-refractivity contribution in [2.24, 2.45) is 5.92 Å². The monoisotopic (exact) mass is 390 g/mol. The minimum atomic E-state index is -0.369. The summed E-state index contributed by atoms with van der Waals surface area (Å²) in [6.07, 6.45) is 3.74. The molecule has 6 nitrogen and oxygen atoms in total. The molecular formula is C20H26N2O4S. The van der Waals surface area contributed by atoms with E-state index in [1.807, 2.05) is 13.8 Å². The Hall–Kier alpha value is -2.15. The average Bonchev–Trinajstić information content (AvgIpc) is 3.12. The Bertz CT molecular complexity index is 846. The molecule has 3 rings (SSSR count). The molecule has 0 aromatic carbocycles. The van der Waals surface area contributed by atoms with Gasteiger partial charge in [-0.15, -0.1) is 11.3 Å². The summed E-state index contributed by atoms with van der Waals surface area (Å²) in [7, 11) is 0. The third kappa shape index (κ3) is 3.93. The molecule has 0 radical (unpaired) electrons. The molecule has 0 saturated carbocycles. The van der Waals surface area contributed by atoms with Gasteiger partial charge in [0, 0.05) is 4.88 Å². The van der Waals surface area contributed by atoms with E-state index in [-0.39, 0.29) is 18.0 Å². The van der Waals surface area contributed by atoms with Crippen LogP contribution in [0.3, 0.4) is 0 Å². The van der Waals surface area contributed by atoms with Gasteiger partial charge in [0.15, 0.2) is 0 Å². The fraction of sp³-hybridized carbons (Fsp3) is 0.550. The molecule has 0 fully saturated rings. The number of hydrogen-bond acceptors (Lipinski definition) is 6. The van der Waals surface area contributed by atoms with E-state index in [4.69, 9.17) is 9.26 Å². The summed E-state index contributed by atoms with van der Waals surface area (Å²) in [4.78, 5) is 26.7. The van der Waals surface area contributed by atoms with Crippen LogP contribution >= 0.6 is 11.3 Å². The number of esters is 1. The molecule has 1 N–H and O–H groups in total. The van der Waals surface area contributed by atoms with E-state index in [0.717, 1.165) is 31.2 Å². The molecule has 7 heteroatoms. The third-order valence-electron chi connectivity index (χ3n) is 4.98. The van der Waals surface area contributed by atoms with Crippen LogP contribution in [0.5, 0.6) is 0 Å². The van der Waals surface area contributed by atoms with Crippen LogP contribution in [-0.2, 0) is 17.6 Å². The highest BCUT2D eigenvalue weighted by atomic mass is 32.1. The molecule has 1 amide bonds. The van der Waals surface area contributed by atoms with Crippen LogP contribution in [0, 0.1) is 19.8 Å². The highest BCUT2D eigenvalue weighted by Gasteiger charge is 2.31. The van der Waals surface area contributed by atoms with Gasteiger partial charge in [-0.3, -0.25) is 4.79 Å². The van der Waals surface area contributed by atoms with Crippen molar-refractivity contribution < 1.29 is 18.8 Å². The Labute approximate surface area is 163 Å². The summed E-state index contributed by atoms with van der Waals surface area (Å²) in [5.41, 5.74) is 2.49. The molecule has 1 aliphatic carbocycles. The highest BCUT2D eigenvalue weighted by molar-refractivity contribution is 7.17. The molecule has 0 spiro atoms. The summed E-state index contributed by atoms with van der Waals surface area (Å²) < 4.78 is 10.6. The number of ether oxygens (including phenoxy) is 1. The zero-order valence-electron chi connectivity index (χ0n) is 16.5. The SMILES string of the molecule is CCC1CCc2c(sc(NC(=O)c3c(C)noc3C)c2C(=O)OC(C)C)C1. The number of fused-ring (bicyclic) bond motifs is 1. The molecule has 2 aromatic heterocycles. The first-order valence-corrected chi connectivity index (χ1v) is 10.2. The van der Waals surface area contributed by atoms with Crippen molar-refractivity contribution in [3.8, 4) is 0 Å². The Balaban J connectivity index is 1.97. The lowest BCUT2D eigenvalue weighted by Gasteiger charge is -2.21. The molecule has 2 aromatic rings. The number of rotatable bonds is 5. The number of carbonyl (C=O) groups excluding carboxylic acids is 2. The molecule has 2 heterocycles. The van der Waals surface area contributed by atoms with Crippen LogP contribution in [0.15, 0.2) is 4.52 Å². The molecule has 0 saturated heterocycles. The van der Waals surface area contributed by atoms with Crippen LogP contribution in [-0.4, -0.2) is 23.1 Å². The van der Waals surface area contributed by atoms with Gasteiger partial charge in [0.2, 0.25) is 0 Å². The maximum atomic E-state index is 12.8. The van der Waals surface area contributed by atoms with Crippen LogP contribution < -0.4 is 5.32 Å². The zero-order chi connectivity index (χ0) is 19.7. The number of anilines is 1. The summed E-state index contributed by atoms with van der Waals surface area (Å²) in [6.45, 7) is 9.27. The molecular weight excluding hydrogens is 364 g/mol. The second-order valence-electron chi connectivity index (χ2n) is 7.33. The average molecular weight is 391 g/mol. The van der Waals surface area contributed by atoms with E-state index in [1.54, 1.807) is 13.8 Å². The molecule has 1 unspecified atom stereocenters. The van der Waals surface area contributed by atoms with Crippen molar-refractivity contribution in [3.05, 3.63) is 33.0 Å². The molecule has 0 bridgehead atoms. The van der Waals surface area contributed by atoms with E-state index in [1.165, 1.54) is 16.2 Å². The summed E-state index contributed by atoms with van der Waals surface area (Å²) in [6, 6.07) is 0. The van der Waals surface area contributed by atoms with Crippen LogP contribution in [0.2, 0.25) is 0 Å². The van der Waals surface area contributed by atoms with Crippen LogP contribution in [0.25, 0.3) is 0 Å². The molecule has 0 aliphatic heterocycles. The van der Waals surface area contributed by atoms with Crippen molar-refractivity contribution in [2.75, 3.05) is 5.32 Å². The lowest BCUT2D eigenvalue weighted by atomic mass is 9.85. The molecule has 1 aliphatic rings. The van der Waals surface area contributed by atoms with Gasteiger partial charge in [0.1, 0.15) is 16.3 Å². The quantitative estimate of drug-likeness (QED) is 0.749. The summed E-state index contributed by atoms with van der Waals surface area (Å²) in [5, 5.41) is 7.32. The van der Waals surface area contributed by atoms with Gasteiger partial charge in [0.05, 0.1) is 17.4 Å². The van der Waals surface area contributed by atoms with Gasteiger partial charge in [-0.2, -0.15) is 0 Å². The van der Waals surface area contributed by atoms with Gasteiger partial charge in [-0.05, 0) is 58.4 Å². The van der Waals surface area contributed by atoms with Gasteiger partial charge in [0.25, 0.3) is 5.91 Å². The third-order valence-corrected chi connectivity index (χ3v) is 6.15. The second kappa shape index (κ2) is 7.84. The summed E-state index contributed by atoms with van der Waals surface area (Å²) >= 11 is 1.49. The van der Waals surface area contributed by atoms with Crippen molar-refractivity contribution in [1.82, 2.24) is 5.16 Å².